The molecule has 28 heavy (non-hydrogen) atoms. The van der Waals surface area contributed by atoms with Crippen molar-refractivity contribution in [2.75, 3.05) is 0 Å². The molecule has 0 aliphatic heterocycles. The molecule has 2 unspecified atom stereocenters. The maximum atomic E-state index is 6.75. The van der Waals surface area contributed by atoms with Gasteiger partial charge in [0.05, 0.1) is 12.2 Å². The van der Waals surface area contributed by atoms with E-state index >= 15 is 0 Å². The van der Waals surface area contributed by atoms with Crippen molar-refractivity contribution >= 4 is 0 Å². The molecule has 1 heteroatoms. The summed E-state index contributed by atoms with van der Waals surface area (Å²) in [5, 5.41) is 0. The van der Waals surface area contributed by atoms with Gasteiger partial charge in [-0.05, 0) is 98.4 Å². The van der Waals surface area contributed by atoms with Crippen LogP contribution in [0.5, 0.6) is 0 Å². The Labute approximate surface area is 171 Å². The van der Waals surface area contributed by atoms with Crippen LogP contribution < -0.4 is 0 Å². The van der Waals surface area contributed by atoms with Crippen molar-refractivity contribution in [2.45, 2.75) is 84.3 Å². The number of hydrogen-bond acceptors (Lipinski definition) is 1. The molecule has 4 aliphatic rings. The van der Waals surface area contributed by atoms with Crippen LogP contribution >= 0.6 is 0 Å². The highest BCUT2D eigenvalue weighted by atomic mass is 16.5. The summed E-state index contributed by atoms with van der Waals surface area (Å²) in [4.78, 5) is 0. The van der Waals surface area contributed by atoms with E-state index in [0.717, 1.165) is 30.3 Å². The van der Waals surface area contributed by atoms with Gasteiger partial charge in [-0.15, -0.1) is 0 Å². The summed E-state index contributed by atoms with van der Waals surface area (Å²) in [6.07, 6.45) is 15.9. The number of benzene rings is 1. The van der Waals surface area contributed by atoms with Gasteiger partial charge < -0.3 is 4.74 Å². The molecule has 0 bridgehead atoms. The van der Waals surface area contributed by atoms with Crippen LogP contribution in [0.3, 0.4) is 0 Å². The number of rotatable bonds is 3. The van der Waals surface area contributed by atoms with Gasteiger partial charge >= 0.3 is 0 Å². The molecule has 7 atom stereocenters. The largest absolute Gasteiger partial charge is 0.370 e. The number of ether oxygens (including phenoxy) is 1. The molecule has 5 rings (SSSR count). The second-order valence-electron chi connectivity index (χ2n) is 11.1. The molecule has 0 heterocycles. The van der Waals surface area contributed by atoms with Crippen molar-refractivity contribution in [3.63, 3.8) is 0 Å². The molecular formula is C27H38O. The molecule has 0 amide bonds. The van der Waals surface area contributed by atoms with E-state index in [2.05, 4.69) is 63.3 Å². The molecule has 0 radical (unpaired) electrons. The van der Waals surface area contributed by atoms with E-state index in [1.165, 1.54) is 56.9 Å². The fourth-order valence-corrected chi connectivity index (χ4v) is 8.12. The van der Waals surface area contributed by atoms with Crippen molar-refractivity contribution in [3.8, 4) is 0 Å². The van der Waals surface area contributed by atoms with Crippen LogP contribution in [0.2, 0.25) is 0 Å². The standard InChI is InChI=1S/C27H38O/c1-25-16-8-7-11-21(25)12-13-22-23(25)14-17-26(2)24(22)15-18-27(26,3)28-19-20-9-5-4-6-10-20/h4-10,21-24H,11-19H2,1-3H3/t21?,22-,23-,24+,25+,26+,27?/m1/s1. The zero-order valence-electron chi connectivity index (χ0n) is 18.1. The summed E-state index contributed by atoms with van der Waals surface area (Å²) in [5.74, 6) is 3.65. The SMILES string of the molecule is CC1(OCc2ccccc2)CC[C@H]2[C@@H]3CCC4CC=CC[C@]4(C)[C@@H]3CC[C@@]21C. The van der Waals surface area contributed by atoms with Crippen LogP contribution in [0.4, 0.5) is 0 Å². The monoisotopic (exact) mass is 378 g/mol. The number of allylic oxidation sites excluding steroid dienone is 2. The van der Waals surface area contributed by atoms with Crippen LogP contribution in [-0.2, 0) is 11.3 Å². The lowest BCUT2D eigenvalue weighted by atomic mass is 9.45. The molecule has 3 fully saturated rings. The van der Waals surface area contributed by atoms with Gasteiger partial charge in [-0.2, -0.15) is 0 Å². The average Bonchev–Trinajstić information content (AvgIpc) is 2.98. The van der Waals surface area contributed by atoms with E-state index in [1.807, 2.05) is 0 Å². The first-order valence-electron chi connectivity index (χ1n) is 11.8. The molecule has 1 aromatic rings. The predicted octanol–water partition coefficient (Wildman–Crippen LogP) is 7.17. The van der Waals surface area contributed by atoms with E-state index in [9.17, 15) is 0 Å². The van der Waals surface area contributed by atoms with Gasteiger partial charge in [-0.3, -0.25) is 0 Å². The van der Waals surface area contributed by atoms with E-state index in [-0.39, 0.29) is 5.60 Å². The van der Waals surface area contributed by atoms with Crippen molar-refractivity contribution in [1.82, 2.24) is 0 Å². The second-order valence-corrected chi connectivity index (χ2v) is 11.1. The maximum Gasteiger partial charge on any atom is 0.0724 e. The number of fused-ring (bicyclic) bond motifs is 5. The second kappa shape index (κ2) is 6.73. The van der Waals surface area contributed by atoms with E-state index in [0.29, 0.717) is 10.8 Å². The van der Waals surface area contributed by atoms with E-state index in [1.54, 1.807) is 0 Å². The highest BCUT2D eigenvalue weighted by Crippen LogP contribution is 2.68. The van der Waals surface area contributed by atoms with Gasteiger partial charge in [0.25, 0.3) is 0 Å². The Bertz CT molecular complexity index is 738. The molecule has 1 nitrogen and oxygen atoms in total. The van der Waals surface area contributed by atoms with Crippen molar-refractivity contribution in [2.24, 2.45) is 34.5 Å². The molecule has 4 aliphatic carbocycles. The minimum Gasteiger partial charge on any atom is -0.370 e. The van der Waals surface area contributed by atoms with Gasteiger partial charge in [0, 0.05) is 0 Å². The van der Waals surface area contributed by atoms with Gasteiger partial charge in [-0.25, -0.2) is 0 Å². The summed E-state index contributed by atoms with van der Waals surface area (Å²) in [6, 6.07) is 10.8. The summed E-state index contributed by atoms with van der Waals surface area (Å²) in [7, 11) is 0. The first kappa shape index (κ1) is 18.9. The van der Waals surface area contributed by atoms with Gasteiger partial charge in [0.1, 0.15) is 0 Å². The summed E-state index contributed by atoms with van der Waals surface area (Å²) >= 11 is 0. The van der Waals surface area contributed by atoms with Crippen LogP contribution in [0.25, 0.3) is 0 Å². The Morgan fingerprint density at radius 3 is 2.50 bits per heavy atom. The zero-order chi connectivity index (χ0) is 19.4. The van der Waals surface area contributed by atoms with Crippen LogP contribution in [0.1, 0.15) is 77.7 Å². The quantitative estimate of drug-likeness (QED) is 0.507. The van der Waals surface area contributed by atoms with Crippen molar-refractivity contribution in [1.29, 1.82) is 0 Å². The third-order valence-electron chi connectivity index (χ3n) is 10.1. The Kier molecular flexibility index (Phi) is 4.54. The fourth-order valence-electron chi connectivity index (χ4n) is 8.12. The highest BCUT2D eigenvalue weighted by molar-refractivity contribution is 5.17. The molecule has 3 saturated carbocycles. The Morgan fingerprint density at radius 1 is 0.893 bits per heavy atom. The van der Waals surface area contributed by atoms with Crippen molar-refractivity contribution in [3.05, 3.63) is 48.0 Å². The molecule has 0 spiro atoms. The van der Waals surface area contributed by atoms with Gasteiger partial charge in [0.2, 0.25) is 0 Å². The summed E-state index contributed by atoms with van der Waals surface area (Å²) < 4.78 is 6.75. The average molecular weight is 379 g/mol. The molecule has 1 aromatic carbocycles. The minimum atomic E-state index is 0.0305. The summed E-state index contributed by atoms with van der Waals surface area (Å²) in [6.45, 7) is 8.42. The topological polar surface area (TPSA) is 9.23 Å². The Hall–Kier alpha value is -1.08. The van der Waals surface area contributed by atoms with Crippen molar-refractivity contribution < 1.29 is 4.74 Å². The number of hydrogen-bond donors (Lipinski definition) is 0. The lowest BCUT2D eigenvalue weighted by Crippen LogP contribution is -2.55. The Balaban J connectivity index is 1.37. The van der Waals surface area contributed by atoms with Crippen LogP contribution in [-0.4, -0.2) is 5.60 Å². The molecule has 0 saturated heterocycles. The smallest absolute Gasteiger partial charge is 0.0724 e. The lowest BCUT2D eigenvalue weighted by molar-refractivity contribution is -0.166. The Morgan fingerprint density at radius 2 is 1.68 bits per heavy atom. The molecule has 0 N–H and O–H groups in total. The first-order valence-corrected chi connectivity index (χ1v) is 11.8. The third kappa shape index (κ3) is 2.68. The summed E-state index contributed by atoms with van der Waals surface area (Å²) in [5.41, 5.74) is 2.24. The minimum absolute atomic E-state index is 0.0305. The maximum absolute atomic E-state index is 6.75. The van der Waals surface area contributed by atoms with E-state index < -0.39 is 0 Å². The first-order chi connectivity index (χ1) is 13.5. The van der Waals surface area contributed by atoms with E-state index in [4.69, 9.17) is 4.74 Å². The predicted molar refractivity (Wildman–Crippen MR) is 116 cm³/mol. The zero-order valence-corrected chi connectivity index (χ0v) is 18.1. The molecule has 0 aromatic heterocycles. The molecular weight excluding hydrogens is 340 g/mol. The highest BCUT2D eigenvalue weighted by Gasteiger charge is 2.63. The fraction of sp³-hybridized carbons (Fsp3) is 0.704. The van der Waals surface area contributed by atoms with Crippen LogP contribution in [0, 0.1) is 34.5 Å². The third-order valence-corrected chi connectivity index (χ3v) is 10.1. The lowest BCUT2D eigenvalue weighted by Gasteiger charge is -2.60. The van der Waals surface area contributed by atoms with Gasteiger partial charge in [0.15, 0.2) is 0 Å². The van der Waals surface area contributed by atoms with Crippen LogP contribution in [0.15, 0.2) is 42.5 Å². The van der Waals surface area contributed by atoms with Gasteiger partial charge in [-0.1, -0.05) is 56.3 Å². The normalized spacial score (nSPS) is 47.2. The molecule has 152 valence electrons.